The van der Waals surface area contributed by atoms with E-state index in [1.807, 2.05) is 0 Å². The smallest absolute Gasteiger partial charge is 0.250 e. The molecule has 5 heteroatoms. The van der Waals surface area contributed by atoms with Gasteiger partial charge in [-0.1, -0.05) is 0 Å². The van der Waals surface area contributed by atoms with Crippen molar-refractivity contribution >= 4 is 5.91 Å². The van der Waals surface area contributed by atoms with E-state index in [9.17, 15) is 4.79 Å². The van der Waals surface area contributed by atoms with Gasteiger partial charge in [0.2, 0.25) is 0 Å². The van der Waals surface area contributed by atoms with Crippen LogP contribution in [0.25, 0.3) is 0 Å². The summed E-state index contributed by atoms with van der Waals surface area (Å²) in [6, 6.07) is 2.17. The Kier molecular flexibility index (Phi) is 4.53. The van der Waals surface area contributed by atoms with Crippen molar-refractivity contribution in [3.05, 3.63) is 0 Å². The Balaban J connectivity index is 2.47. The lowest BCUT2D eigenvalue weighted by Crippen LogP contribution is -2.46. The van der Waals surface area contributed by atoms with Crippen LogP contribution in [0.2, 0.25) is 0 Å². The molecule has 0 aromatic carbocycles. The van der Waals surface area contributed by atoms with Crippen LogP contribution in [0, 0.1) is 17.2 Å². The maximum atomic E-state index is 11.6. The molecule has 1 aliphatic rings. The summed E-state index contributed by atoms with van der Waals surface area (Å²) in [5, 5.41) is 11.7. The molecule has 0 aliphatic heterocycles. The first-order valence-corrected chi connectivity index (χ1v) is 5.15. The minimum absolute atomic E-state index is 0.0355. The molecule has 84 valence electrons. The highest BCUT2D eigenvalue weighted by Crippen LogP contribution is 2.24. The van der Waals surface area contributed by atoms with Crippen LogP contribution in [0.4, 0.5) is 0 Å². The van der Waals surface area contributed by atoms with Crippen LogP contribution in [0.5, 0.6) is 0 Å². The second kappa shape index (κ2) is 5.69. The van der Waals surface area contributed by atoms with E-state index < -0.39 is 6.10 Å². The molecule has 1 amide bonds. The summed E-state index contributed by atoms with van der Waals surface area (Å²) in [7, 11) is 1.45. The van der Waals surface area contributed by atoms with Gasteiger partial charge in [0, 0.05) is 19.7 Å². The number of nitrogens with one attached hydrogen (secondary N) is 1. The standard InChI is InChI=1S/C10H17N3O2/c1-15-9(6-12)10(14)13-8-4-2-3-7(8)5-11/h7-9H,2-4,6,12H2,1H3,(H,13,14). The van der Waals surface area contributed by atoms with Gasteiger partial charge in [-0.25, -0.2) is 0 Å². The zero-order valence-electron chi connectivity index (χ0n) is 8.90. The van der Waals surface area contributed by atoms with Crippen LogP contribution in [0.1, 0.15) is 19.3 Å². The number of methoxy groups -OCH3 is 1. The topological polar surface area (TPSA) is 88.1 Å². The zero-order valence-corrected chi connectivity index (χ0v) is 8.90. The van der Waals surface area contributed by atoms with Gasteiger partial charge in [0.05, 0.1) is 12.0 Å². The second-order valence-electron chi connectivity index (χ2n) is 3.74. The van der Waals surface area contributed by atoms with E-state index in [-0.39, 0.29) is 24.4 Å². The molecule has 5 nitrogen and oxygen atoms in total. The van der Waals surface area contributed by atoms with Crippen LogP contribution in [0.15, 0.2) is 0 Å². The molecular formula is C10H17N3O2. The fraction of sp³-hybridized carbons (Fsp3) is 0.800. The Bertz CT molecular complexity index is 258. The second-order valence-corrected chi connectivity index (χ2v) is 3.74. The summed E-state index contributed by atoms with van der Waals surface area (Å²) in [5.41, 5.74) is 5.37. The van der Waals surface area contributed by atoms with Crippen molar-refractivity contribution in [2.45, 2.75) is 31.4 Å². The van der Waals surface area contributed by atoms with Crippen molar-refractivity contribution < 1.29 is 9.53 Å². The number of hydrogen-bond donors (Lipinski definition) is 2. The lowest BCUT2D eigenvalue weighted by Gasteiger charge is -2.19. The fourth-order valence-electron chi connectivity index (χ4n) is 1.87. The van der Waals surface area contributed by atoms with Crippen molar-refractivity contribution in [3.8, 4) is 6.07 Å². The van der Waals surface area contributed by atoms with E-state index in [1.54, 1.807) is 0 Å². The lowest BCUT2D eigenvalue weighted by molar-refractivity contribution is -0.131. The Hall–Kier alpha value is -1.12. The minimum Gasteiger partial charge on any atom is -0.370 e. The Labute approximate surface area is 89.6 Å². The van der Waals surface area contributed by atoms with E-state index >= 15 is 0 Å². The van der Waals surface area contributed by atoms with E-state index in [0.717, 1.165) is 19.3 Å². The van der Waals surface area contributed by atoms with Crippen molar-refractivity contribution in [1.29, 1.82) is 5.26 Å². The molecule has 0 saturated heterocycles. The predicted molar refractivity (Wildman–Crippen MR) is 54.7 cm³/mol. The average molecular weight is 211 g/mol. The molecular weight excluding hydrogens is 194 g/mol. The normalized spacial score (nSPS) is 27.0. The molecule has 0 radical (unpaired) electrons. The summed E-state index contributed by atoms with van der Waals surface area (Å²) in [6.07, 6.45) is 2.11. The average Bonchev–Trinajstić information content (AvgIpc) is 2.67. The molecule has 0 spiro atoms. The number of nitrogens with two attached hydrogens (primary N) is 1. The molecule has 1 aliphatic carbocycles. The first-order chi connectivity index (χ1) is 7.22. The molecule has 3 unspecified atom stereocenters. The summed E-state index contributed by atoms with van der Waals surface area (Å²) in [5.74, 6) is -0.281. The van der Waals surface area contributed by atoms with E-state index in [1.165, 1.54) is 7.11 Å². The van der Waals surface area contributed by atoms with Gasteiger partial charge >= 0.3 is 0 Å². The summed E-state index contributed by atoms with van der Waals surface area (Å²) < 4.78 is 4.92. The third kappa shape index (κ3) is 2.91. The summed E-state index contributed by atoms with van der Waals surface area (Å²) in [6.45, 7) is 0.159. The number of carbonyl (C=O) groups is 1. The lowest BCUT2D eigenvalue weighted by atomic mass is 10.1. The Morgan fingerprint density at radius 1 is 1.73 bits per heavy atom. The highest BCUT2D eigenvalue weighted by molar-refractivity contribution is 5.81. The summed E-state index contributed by atoms with van der Waals surface area (Å²) in [4.78, 5) is 11.6. The van der Waals surface area contributed by atoms with E-state index in [2.05, 4.69) is 11.4 Å². The maximum Gasteiger partial charge on any atom is 0.250 e. The maximum absolute atomic E-state index is 11.6. The molecule has 0 aromatic heterocycles. The molecule has 15 heavy (non-hydrogen) atoms. The molecule has 3 N–H and O–H groups in total. The highest BCUT2D eigenvalue weighted by Gasteiger charge is 2.30. The van der Waals surface area contributed by atoms with Crippen molar-refractivity contribution in [3.63, 3.8) is 0 Å². The third-order valence-corrected chi connectivity index (χ3v) is 2.80. The number of hydrogen-bond acceptors (Lipinski definition) is 4. The van der Waals surface area contributed by atoms with Crippen molar-refractivity contribution in [2.75, 3.05) is 13.7 Å². The molecule has 0 aromatic rings. The number of rotatable bonds is 4. The number of amides is 1. The van der Waals surface area contributed by atoms with Crippen LogP contribution >= 0.6 is 0 Å². The largest absolute Gasteiger partial charge is 0.370 e. The SMILES string of the molecule is COC(CN)C(=O)NC1CCCC1C#N. The minimum atomic E-state index is -0.607. The number of nitriles is 1. The molecule has 3 atom stereocenters. The van der Waals surface area contributed by atoms with Gasteiger partial charge in [-0.3, -0.25) is 4.79 Å². The first kappa shape index (κ1) is 12.0. The van der Waals surface area contributed by atoms with Crippen LogP contribution < -0.4 is 11.1 Å². The number of ether oxygens (including phenoxy) is 1. The molecule has 1 fully saturated rings. The van der Waals surface area contributed by atoms with Crippen LogP contribution in [0.3, 0.4) is 0 Å². The fourth-order valence-corrected chi connectivity index (χ4v) is 1.87. The molecule has 0 bridgehead atoms. The molecule has 0 heterocycles. The van der Waals surface area contributed by atoms with E-state index in [4.69, 9.17) is 15.7 Å². The molecule has 1 saturated carbocycles. The van der Waals surface area contributed by atoms with Gasteiger partial charge in [-0.15, -0.1) is 0 Å². The zero-order chi connectivity index (χ0) is 11.3. The van der Waals surface area contributed by atoms with Gasteiger partial charge in [0.1, 0.15) is 6.10 Å². The highest BCUT2D eigenvalue weighted by atomic mass is 16.5. The summed E-state index contributed by atoms with van der Waals surface area (Å²) >= 11 is 0. The number of nitrogens with zero attached hydrogens (tertiary/aromatic N) is 1. The van der Waals surface area contributed by atoms with Gasteiger partial charge in [0.15, 0.2) is 0 Å². The van der Waals surface area contributed by atoms with Crippen LogP contribution in [-0.2, 0) is 9.53 Å². The predicted octanol–water partition coefficient (Wildman–Crippen LogP) is -0.231. The Morgan fingerprint density at radius 2 is 2.47 bits per heavy atom. The third-order valence-electron chi connectivity index (χ3n) is 2.80. The van der Waals surface area contributed by atoms with Gasteiger partial charge in [-0.2, -0.15) is 5.26 Å². The monoisotopic (exact) mass is 211 g/mol. The van der Waals surface area contributed by atoms with E-state index in [0.29, 0.717) is 0 Å². The molecule has 1 rings (SSSR count). The van der Waals surface area contributed by atoms with Crippen molar-refractivity contribution in [1.82, 2.24) is 5.32 Å². The number of carbonyl (C=O) groups excluding carboxylic acids is 1. The Morgan fingerprint density at radius 3 is 3.00 bits per heavy atom. The van der Waals surface area contributed by atoms with Crippen LogP contribution in [-0.4, -0.2) is 31.7 Å². The van der Waals surface area contributed by atoms with Gasteiger partial charge < -0.3 is 15.8 Å². The quantitative estimate of drug-likeness (QED) is 0.672. The van der Waals surface area contributed by atoms with Gasteiger partial charge in [0.25, 0.3) is 5.91 Å². The van der Waals surface area contributed by atoms with Crippen molar-refractivity contribution in [2.24, 2.45) is 11.7 Å². The van der Waals surface area contributed by atoms with Gasteiger partial charge in [-0.05, 0) is 19.3 Å². The first-order valence-electron chi connectivity index (χ1n) is 5.15.